The van der Waals surface area contributed by atoms with Gasteiger partial charge >= 0.3 is 6.01 Å². The lowest BCUT2D eigenvalue weighted by Gasteiger charge is -2.36. The number of nitrogens with zero attached hydrogens (tertiary/aromatic N) is 5. The third-order valence-corrected chi connectivity index (χ3v) is 11.1. The standard InChI is InChI=1S/C36H33F3N6O2/c1-3-22-26(37)5-4-20-12-21(40)13-23(27(20)22)30-29(39)31-24(15-41-30)33(45-10-11-46-17-25-28(38)32(25)45)43-34(42-31)47-18-36-14-19(2)16-44(36)9-8-35(36)6-7-35/h1,4-5,12-15,25,28,32H,6-11,16-18,40H2,2H3/t25-,28-,32-,36+/m0/s1. The van der Waals surface area contributed by atoms with Crippen LogP contribution in [0.5, 0.6) is 6.01 Å². The average Bonchev–Trinajstić information content (AvgIpc) is 3.93. The molecule has 8 nitrogen and oxygen atoms in total. The Kier molecular flexibility index (Phi) is 6.16. The van der Waals surface area contributed by atoms with Crippen LogP contribution in [0.4, 0.5) is 24.7 Å². The molecule has 0 radical (unpaired) electrons. The largest absolute Gasteiger partial charge is 0.461 e. The number of fused-ring (bicyclic) bond motifs is 5. The molecule has 9 rings (SSSR count). The molecule has 3 aliphatic heterocycles. The van der Waals surface area contributed by atoms with Gasteiger partial charge in [-0.05, 0) is 55.2 Å². The van der Waals surface area contributed by atoms with Gasteiger partial charge in [0, 0.05) is 48.4 Å². The van der Waals surface area contributed by atoms with Crippen molar-refractivity contribution >= 4 is 33.2 Å². The SMILES string of the molecule is C#Cc1c(F)ccc2cc(N)cc(-c3ncc4c(N5CCOC[C@H]6[C@H](F)[C@H]65)nc(OC[C@@]56C=C(C)CN5CCC65CC5)nc4c3F)c12. The van der Waals surface area contributed by atoms with Gasteiger partial charge in [0.2, 0.25) is 0 Å². The Hall–Kier alpha value is -4.40. The lowest BCUT2D eigenvalue weighted by Crippen LogP contribution is -2.49. The highest BCUT2D eigenvalue weighted by Crippen LogP contribution is 2.65. The van der Waals surface area contributed by atoms with Crippen molar-refractivity contribution in [3.8, 4) is 29.6 Å². The second kappa shape index (κ2) is 10.1. The van der Waals surface area contributed by atoms with E-state index in [-0.39, 0.29) is 45.2 Å². The lowest BCUT2D eigenvalue weighted by molar-refractivity contribution is 0.0919. The van der Waals surface area contributed by atoms with Gasteiger partial charge in [-0.25, -0.2) is 13.2 Å². The van der Waals surface area contributed by atoms with Crippen molar-refractivity contribution in [1.82, 2.24) is 19.9 Å². The molecule has 4 fully saturated rings. The quantitative estimate of drug-likeness (QED) is 0.176. The van der Waals surface area contributed by atoms with Crippen molar-refractivity contribution in [3.63, 3.8) is 0 Å². The highest BCUT2D eigenvalue weighted by atomic mass is 19.1. The minimum Gasteiger partial charge on any atom is -0.461 e. The van der Waals surface area contributed by atoms with E-state index < -0.39 is 23.8 Å². The van der Waals surface area contributed by atoms with Crippen LogP contribution in [0.25, 0.3) is 32.9 Å². The molecule has 2 aromatic carbocycles. The van der Waals surface area contributed by atoms with E-state index in [1.165, 1.54) is 23.9 Å². The summed E-state index contributed by atoms with van der Waals surface area (Å²) in [6.07, 6.45) is 11.8. The van der Waals surface area contributed by atoms with Gasteiger partial charge in [-0.15, -0.1) is 6.42 Å². The van der Waals surface area contributed by atoms with E-state index in [1.807, 2.05) is 4.90 Å². The smallest absolute Gasteiger partial charge is 0.319 e. The van der Waals surface area contributed by atoms with Crippen LogP contribution in [0, 0.1) is 35.3 Å². The van der Waals surface area contributed by atoms with Crippen molar-refractivity contribution in [2.45, 2.75) is 43.9 Å². The van der Waals surface area contributed by atoms with Gasteiger partial charge < -0.3 is 20.1 Å². The first-order valence-electron chi connectivity index (χ1n) is 16.1. The molecule has 2 saturated carbocycles. The molecule has 2 saturated heterocycles. The van der Waals surface area contributed by atoms with Gasteiger partial charge in [-0.3, -0.25) is 9.88 Å². The predicted molar refractivity (Wildman–Crippen MR) is 173 cm³/mol. The van der Waals surface area contributed by atoms with Crippen molar-refractivity contribution in [2.75, 3.05) is 50.1 Å². The molecule has 4 atom stereocenters. The number of nitrogen functional groups attached to an aromatic ring is 1. The van der Waals surface area contributed by atoms with Gasteiger partial charge in [0.15, 0.2) is 5.82 Å². The molecule has 5 heterocycles. The highest BCUT2D eigenvalue weighted by molar-refractivity contribution is 6.03. The fraction of sp³-hybridized carbons (Fsp3) is 0.417. The van der Waals surface area contributed by atoms with E-state index in [1.54, 1.807) is 12.1 Å². The second-order valence-corrected chi connectivity index (χ2v) is 13.8. The number of benzene rings is 2. The second-order valence-electron chi connectivity index (χ2n) is 13.8. The van der Waals surface area contributed by atoms with Crippen molar-refractivity contribution in [3.05, 3.63) is 59.3 Å². The van der Waals surface area contributed by atoms with Crippen molar-refractivity contribution < 1.29 is 22.6 Å². The summed E-state index contributed by atoms with van der Waals surface area (Å²) >= 11 is 0. The molecule has 0 unspecified atom stereocenters. The molecule has 1 spiro atoms. The molecule has 2 aromatic heterocycles. The molecular weight excluding hydrogens is 605 g/mol. The molecule has 5 aliphatic rings. The van der Waals surface area contributed by atoms with Gasteiger partial charge in [-0.2, -0.15) is 9.97 Å². The number of nitrogens with two attached hydrogens (primary N) is 1. The Morgan fingerprint density at radius 1 is 1.17 bits per heavy atom. The maximum Gasteiger partial charge on any atom is 0.319 e. The molecule has 4 aromatic rings. The summed E-state index contributed by atoms with van der Waals surface area (Å²) in [4.78, 5) is 18.3. The van der Waals surface area contributed by atoms with Crippen molar-refractivity contribution in [2.24, 2.45) is 11.3 Å². The maximum absolute atomic E-state index is 17.0. The van der Waals surface area contributed by atoms with Crippen LogP contribution in [-0.4, -0.2) is 77.1 Å². The van der Waals surface area contributed by atoms with Crippen LogP contribution in [0.3, 0.4) is 0 Å². The van der Waals surface area contributed by atoms with Crippen LogP contribution in [-0.2, 0) is 4.74 Å². The zero-order chi connectivity index (χ0) is 32.2. The first kappa shape index (κ1) is 28.8. The van der Waals surface area contributed by atoms with Crippen LogP contribution >= 0.6 is 0 Å². The lowest BCUT2D eigenvalue weighted by atomic mass is 9.82. The highest BCUT2D eigenvalue weighted by Gasteiger charge is 2.66. The third kappa shape index (κ3) is 4.14. The third-order valence-electron chi connectivity index (χ3n) is 11.1. The number of rotatable bonds is 5. The zero-order valence-corrected chi connectivity index (χ0v) is 25.9. The summed E-state index contributed by atoms with van der Waals surface area (Å²) in [7, 11) is 0. The molecule has 240 valence electrons. The number of alkyl halides is 1. The van der Waals surface area contributed by atoms with E-state index in [4.69, 9.17) is 26.6 Å². The topological polar surface area (TPSA) is 89.6 Å². The fourth-order valence-corrected chi connectivity index (χ4v) is 8.59. The first-order chi connectivity index (χ1) is 22.7. The van der Waals surface area contributed by atoms with E-state index in [0.29, 0.717) is 54.0 Å². The summed E-state index contributed by atoms with van der Waals surface area (Å²) in [6.45, 7) is 5.40. The first-order valence-corrected chi connectivity index (χ1v) is 16.1. The van der Waals surface area contributed by atoms with Gasteiger partial charge in [0.25, 0.3) is 0 Å². The van der Waals surface area contributed by atoms with E-state index >= 15 is 8.78 Å². The minimum absolute atomic E-state index is 0.00379. The summed E-state index contributed by atoms with van der Waals surface area (Å²) in [5, 5.41) is 1.18. The number of halogens is 3. The van der Waals surface area contributed by atoms with Crippen molar-refractivity contribution in [1.29, 1.82) is 0 Å². The Morgan fingerprint density at radius 3 is 2.83 bits per heavy atom. The zero-order valence-electron chi connectivity index (χ0n) is 25.9. The van der Waals surface area contributed by atoms with Crippen LogP contribution in [0.1, 0.15) is 31.7 Å². The number of ether oxygens (including phenoxy) is 2. The number of anilines is 2. The number of hydrogen-bond donors (Lipinski definition) is 1. The Morgan fingerprint density at radius 2 is 2.02 bits per heavy atom. The Bertz CT molecular complexity index is 2080. The summed E-state index contributed by atoms with van der Waals surface area (Å²) < 4.78 is 59.0. The van der Waals surface area contributed by atoms with Crippen LogP contribution < -0.4 is 15.4 Å². The van der Waals surface area contributed by atoms with Crippen LogP contribution in [0.2, 0.25) is 0 Å². The maximum atomic E-state index is 17.0. The number of hydrogen-bond acceptors (Lipinski definition) is 8. The average molecular weight is 639 g/mol. The monoisotopic (exact) mass is 638 g/mol. The van der Waals surface area contributed by atoms with Gasteiger partial charge in [0.1, 0.15) is 35.6 Å². The van der Waals surface area contributed by atoms with E-state index in [2.05, 4.69) is 33.8 Å². The van der Waals surface area contributed by atoms with E-state index in [0.717, 1.165) is 32.4 Å². The molecular formula is C36H33F3N6O2. The molecule has 11 heteroatoms. The fourth-order valence-electron chi connectivity index (χ4n) is 8.59. The predicted octanol–water partition coefficient (Wildman–Crippen LogP) is 5.42. The van der Waals surface area contributed by atoms with E-state index in [9.17, 15) is 4.39 Å². The minimum atomic E-state index is -1.09. The van der Waals surface area contributed by atoms with Gasteiger partial charge in [0.05, 0.1) is 35.7 Å². The van der Waals surface area contributed by atoms with Gasteiger partial charge in [-0.1, -0.05) is 23.6 Å². The summed E-state index contributed by atoms with van der Waals surface area (Å²) in [5.41, 5.74) is 7.85. The Balaban J connectivity index is 1.21. The van der Waals surface area contributed by atoms with Crippen LogP contribution in [0.15, 0.2) is 42.1 Å². The molecule has 2 aliphatic carbocycles. The molecule has 47 heavy (non-hydrogen) atoms. The number of aromatic nitrogens is 3. The number of pyridine rings is 1. The molecule has 2 N–H and O–H groups in total. The summed E-state index contributed by atoms with van der Waals surface area (Å²) in [5.74, 6) is 1.08. The molecule has 0 bridgehead atoms. The summed E-state index contributed by atoms with van der Waals surface area (Å²) in [6, 6.07) is 5.55. The Labute approximate surface area is 269 Å². The molecule has 0 amide bonds. The normalized spacial score (nSPS) is 27.4. The number of terminal acetylenes is 1.